The van der Waals surface area contributed by atoms with Gasteiger partial charge in [-0.1, -0.05) is 30.3 Å². The molecule has 3 rings (SSSR count). The third-order valence-electron chi connectivity index (χ3n) is 4.24. The molecule has 1 amide bonds. The van der Waals surface area contributed by atoms with Crippen molar-refractivity contribution in [3.05, 3.63) is 90.2 Å². The molecule has 0 aliphatic carbocycles. The van der Waals surface area contributed by atoms with Crippen molar-refractivity contribution >= 4 is 39.1 Å². The lowest BCUT2D eigenvalue weighted by Crippen LogP contribution is -2.22. The lowest BCUT2D eigenvalue weighted by atomic mass is 10.2. The predicted molar refractivity (Wildman–Crippen MR) is 119 cm³/mol. The largest absolute Gasteiger partial charge is 0.325 e. The Balaban J connectivity index is 1.57. The molecule has 30 heavy (non-hydrogen) atoms. The first-order chi connectivity index (χ1) is 14.3. The van der Waals surface area contributed by atoms with Crippen LogP contribution in [0, 0.1) is 5.82 Å². The monoisotopic (exact) mass is 444 g/mol. The Hall–Kier alpha value is -2.84. The smallest absolute Gasteiger partial charge is 0.261 e. The lowest BCUT2D eigenvalue weighted by molar-refractivity contribution is -0.115. The highest BCUT2D eigenvalue weighted by Gasteiger charge is 2.16. The Bertz CT molecular complexity index is 1090. The van der Waals surface area contributed by atoms with Crippen molar-refractivity contribution in [1.82, 2.24) is 0 Å². The first kappa shape index (κ1) is 21.9. The molecule has 2 N–H and O–H groups in total. The van der Waals surface area contributed by atoms with E-state index in [-0.39, 0.29) is 21.7 Å². The van der Waals surface area contributed by atoms with Gasteiger partial charge in [0.05, 0.1) is 10.1 Å². The summed E-state index contributed by atoms with van der Waals surface area (Å²) in [6.07, 6.45) is 0. The zero-order chi connectivity index (χ0) is 21.6. The average molecular weight is 445 g/mol. The fourth-order valence-corrected chi connectivity index (χ4v) is 4.47. The van der Waals surface area contributed by atoms with E-state index in [4.69, 9.17) is 0 Å². The molecule has 0 aromatic heterocycles. The van der Waals surface area contributed by atoms with Crippen LogP contribution >= 0.6 is 11.8 Å². The molecule has 0 saturated heterocycles. The molecule has 0 heterocycles. The highest BCUT2D eigenvalue weighted by Crippen LogP contribution is 2.21. The Morgan fingerprint density at radius 3 is 2.17 bits per heavy atom. The summed E-state index contributed by atoms with van der Waals surface area (Å²) < 4.78 is 40.3. The van der Waals surface area contributed by atoms with Crippen LogP contribution in [-0.4, -0.2) is 19.6 Å². The van der Waals surface area contributed by atoms with Crippen LogP contribution in [0.4, 0.5) is 15.8 Å². The Kier molecular flexibility index (Phi) is 7.12. The van der Waals surface area contributed by atoms with E-state index in [1.165, 1.54) is 60.3 Å². The van der Waals surface area contributed by atoms with Gasteiger partial charge in [0, 0.05) is 17.1 Å². The summed E-state index contributed by atoms with van der Waals surface area (Å²) in [4.78, 5) is 12.4. The number of nitrogens with one attached hydrogen (secondary N) is 2. The van der Waals surface area contributed by atoms with Crippen LogP contribution in [0.2, 0.25) is 0 Å². The number of carbonyl (C=O) groups excluding carboxylic acids is 1. The second kappa shape index (κ2) is 9.77. The van der Waals surface area contributed by atoms with Crippen LogP contribution in [0.25, 0.3) is 0 Å². The van der Waals surface area contributed by atoms with Crippen molar-refractivity contribution in [2.24, 2.45) is 0 Å². The first-order valence-corrected chi connectivity index (χ1v) is 11.7. The average Bonchev–Trinajstić information content (AvgIpc) is 2.74. The van der Waals surface area contributed by atoms with Crippen molar-refractivity contribution in [2.75, 3.05) is 10.0 Å². The minimum absolute atomic E-state index is 0.0383. The molecule has 1 atom stereocenters. The van der Waals surface area contributed by atoms with E-state index < -0.39 is 15.8 Å². The van der Waals surface area contributed by atoms with Crippen LogP contribution in [0.15, 0.2) is 83.8 Å². The van der Waals surface area contributed by atoms with Gasteiger partial charge >= 0.3 is 0 Å². The molecule has 0 aliphatic rings. The maximum absolute atomic E-state index is 13.0. The summed E-state index contributed by atoms with van der Waals surface area (Å²) in [7, 11) is -3.82. The SMILES string of the molecule is C[C@@H](SCc1ccccc1)C(=O)Nc1ccc(S(=O)(=O)Nc2ccc(F)cc2)cc1. The number of sulfonamides is 1. The number of thioether (sulfide) groups is 1. The number of halogens is 1. The van der Waals surface area contributed by atoms with E-state index in [1.807, 2.05) is 37.3 Å². The van der Waals surface area contributed by atoms with Gasteiger partial charge in [0.2, 0.25) is 5.91 Å². The van der Waals surface area contributed by atoms with Crippen LogP contribution in [0.1, 0.15) is 12.5 Å². The summed E-state index contributed by atoms with van der Waals surface area (Å²) >= 11 is 1.52. The standard InChI is InChI=1S/C22H21FN2O3S2/c1-16(29-15-17-5-3-2-4-6-17)22(26)24-19-11-13-21(14-12-19)30(27,28)25-20-9-7-18(23)8-10-20/h2-14,16,25H,15H2,1H3,(H,24,26)/t16-/m1/s1. The van der Waals surface area contributed by atoms with Crippen LogP contribution < -0.4 is 10.0 Å². The number of amides is 1. The molecule has 0 bridgehead atoms. The molecule has 8 heteroatoms. The topological polar surface area (TPSA) is 75.3 Å². The van der Waals surface area contributed by atoms with E-state index in [9.17, 15) is 17.6 Å². The quantitative estimate of drug-likeness (QED) is 0.519. The highest BCUT2D eigenvalue weighted by atomic mass is 32.2. The van der Waals surface area contributed by atoms with Crippen molar-refractivity contribution < 1.29 is 17.6 Å². The molecular formula is C22H21FN2O3S2. The van der Waals surface area contributed by atoms with Gasteiger partial charge in [-0.2, -0.15) is 0 Å². The number of anilines is 2. The van der Waals surface area contributed by atoms with E-state index in [0.29, 0.717) is 5.69 Å². The Morgan fingerprint density at radius 1 is 0.933 bits per heavy atom. The van der Waals surface area contributed by atoms with Crippen LogP contribution in [-0.2, 0) is 20.6 Å². The second-order valence-electron chi connectivity index (χ2n) is 6.56. The fraction of sp³-hybridized carbons (Fsp3) is 0.136. The number of carbonyl (C=O) groups is 1. The molecule has 0 radical (unpaired) electrons. The van der Waals surface area contributed by atoms with Gasteiger partial charge < -0.3 is 5.32 Å². The number of hydrogen-bond donors (Lipinski definition) is 2. The van der Waals surface area contributed by atoms with Gasteiger partial charge in [-0.05, 0) is 61.0 Å². The predicted octanol–water partition coefficient (Wildman–Crippen LogP) is 4.89. The van der Waals surface area contributed by atoms with E-state index in [2.05, 4.69) is 10.0 Å². The summed E-state index contributed by atoms with van der Waals surface area (Å²) in [6.45, 7) is 1.83. The minimum atomic E-state index is -3.82. The number of benzene rings is 3. The van der Waals surface area contributed by atoms with Crippen molar-refractivity contribution in [2.45, 2.75) is 22.8 Å². The molecule has 5 nitrogen and oxygen atoms in total. The Labute approximate surface area is 179 Å². The lowest BCUT2D eigenvalue weighted by Gasteiger charge is -2.13. The molecule has 0 aliphatic heterocycles. The third kappa shape index (κ3) is 6.08. The third-order valence-corrected chi connectivity index (χ3v) is 6.85. The Morgan fingerprint density at radius 2 is 1.53 bits per heavy atom. The molecule has 0 unspecified atom stereocenters. The van der Waals surface area contributed by atoms with Crippen molar-refractivity contribution in [3.8, 4) is 0 Å². The van der Waals surface area contributed by atoms with E-state index in [1.54, 1.807) is 0 Å². The molecule has 3 aromatic carbocycles. The molecule has 0 saturated carbocycles. The van der Waals surface area contributed by atoms with Gasteiger partial charge in [-0.15, -0.1) is 11.8 Å². The summed E-state index contributed by atoms with van der Waals surface area (Å²) in [5.41, 5.74) is 1.91. The maximum atomic E-state index is 13.0. The summed E-state index contributed by atoms with van der Waals surface area (Å²) in [5.74, 6) is 0.118. The highest BCUT2D eigenvalue weighted by molar-refractivity contribution is 7.99. The van der Waals surface area contributed by atoms with Gasteiger partial charge in [0.15, 0.2) is 0 Å². The van der Waals surface area contributed by atoms with E-state index >= 15 is 0 Å². The fourth-order valence-electron chi connectivity index (χ4n) is 2.56. The normalized spacial score (nSPS) is 12.2. The minimum Gasteiger partial charge on any atom is -0.325 e. The number of hydrogen-bond acceptors (Lipinski definition) is 4. The van der Waals surface area contributed by atoms with Crippen molar-refractivity contribution in [1.29, 1.82) is 0 Å². The molecule has 156 valence electrons. The first-order valence-electron chi connectivity index (χ1n) is 9.18. The van der Waals surface area contributed by atoms with Gasteiger partial charge in [0.1, 0.15) is 5.82 Å². The number of rotatable bonds is 8. The zero-order valence-electron chi connectivity index (χ0n) is 16.2. The van der Waals surface area contributed by atoms with Gasteiger partial charge in [-0.3, -0.25) is 9.52 Å². The molecule has 3 aromatic rings. The molecule has 0 spiro atoms. The van der Waals surface area contributed by atoms with E-state index in [0.717, 1.165) is 11.3 Å². The summed E-state index contributed by atoms with van der Waals surface area (Å²) in [5, 5.41) is 2.53. The van der Waals surface area contributed by atoms with Gasteiger partial charge in [-0.25, -0.2) is 12.8 Å². The second-order valence-corrected chi connectivity index (χ2v) is 9.58. The summed E-state index contributed by atoms with van der Waals surface area (Å²) in [6, 6.07) is 20.8. The molecular weight excluding hydrogens is 423 g/mol. The zero-order valence-corrected chi connectivity index (χ0v) is 17.8. The van der Waals surface area contributed by atoms with Crippen LogP contribution in [0.5, 0.6) is 0 Å². The van der Waals surface area contributed by atoms with Crippen molar-refractivity contribution in [3.63, 3.8) is 0 Å². The molecule has 0 fully saturated rings. The van der Waals surface area contributed by atoms with Crippen LogP contribution in [0.3, 0.4) is 0 Å². The van der Waals surface area contributed by atoms with Gasteiger partial charge in [0.25, 0.3) is 10.0 Å². The maximum Gasteiger partial charge on any atom is 0.261 e.